The largest absolute Gasteiger partial charge is 0.349 e. The summed E-state index contributed by atoms with van der Waals surface area (Å²) in [5.41, 5.74) is 3.02. The number of carbonyl (C=O) groups is 2. The van der Waals surface area contributed by atoms with E-state index >= 15 is 0 Å². The molecule has 4 heteroatoms. The maximum Gasteiger partial charge on any atom is 0.227 e. The van der Waals surface area contributed by atoms with Gasteiger partial charge in [0.05, 0.1) is 12.5 Å². The van der Waals surface area contributed by atoms with Crippen molar-refractivity contribution in [3.63, 3.8) is 0 Å². The van der Waals surface area contributed by atoms with Crippen molar-refractivity contribution in [3.8, 4) is 0 Å². The summed E-state index contributed by atoms with van der Waals surface area (Å²) >= 11 is 0. The molecule has 2 amide bonds. The Balaban J connectivity index is 1.61. The highest BCUT2D eigenvalue weighted by molar-refractivity contribution is 5.95. The van der Waals surface area contributed by atoms with Crippen LogP contribution in [0.3, 0.4) is 0 Å². The van der Waals surface area contributed by atoms with Gasteiger partial charge in [-0.05, 0) is 36.1 Å². The Labute approximate surface area is 155 Å². The summed E-state index contributed by atoms with van der Waals surface area (Å²) < 4.78 is 0. The SMILES string of the molecule is CCC[C@@H](NC(=O)Cc1ccc(N2CCCC2=O)cc1)c1ccccc1. The number of hydrogen-bond acceptors (Lipinski definition) is 2. The van der Waals surface area contributed by atoms with Crippen molar-refractivity contribution < 1.29 is 9.59 Å². The molecule has 0 saturated carbocycles. The molecule has 0 spiro atoms. The van der Waals surface area contributed by atoms with Gasteiger partial charge in [0.15, 0.2) is 0 Å². The van der Waals surface area contributed by atoms with Gasteiger partial charge in [-0.3, -0.25) is 9.59 Å². The number of benzene rings is 2. The minimum atomic E-state index is 0.0253. The van der Waals surface area contributed by atoms with Crippen LogP contribution in [0.5, 0.6) is 0 Å². The van der Waals surface area contributed by atoms with E-state index in [1.54, 1.807) is 0 Å². The summed E-state index contributed by atoms with van der Waals surface area (Å²) in [5.74, 6) is 0.207. The normalized spacial score (nSPS) is 15.1. The summed E-state index contributed by atoms with van der Waals surface area (Å²) in [6.45, 7) is 2.91. The summed E-state index contributed by atoms with van der Waals surface area (Å²) in [6.07, 6.45) is 3.83. The molecule has 0 unspecified atom stereocenters. The van der Waals surface area contributed by atoms with E-state index in [9.17, 15) is 9.59 Å². The van der Waals surface area contributed by atoms with E-state index in [-0.39, 0.29) is 17.9 Å². The molecule has 26 heavy (non-hydrogen) atoms. The predicted molar refractivity (Wildman–Crippen MR) is 104 cm³/mol. The summed E-state index contributed by atoms with van der Waals surface area (Å²) in [6, 6.07) is 17.9. The van der Waals surface area contributed by atoms with Gasteiger partial charge in [0.2, 0.25) is 11.8 Å². The molecule has 1 N–H and O–H groups in total. The van der Waals surface area contributed by atoms with Crippen LogP contribution >= 0.6 is 0 Å². The van der Waals surface area contributed by atoms with E-state index in [1.807, 2.05) is 47.4 Å². The highest BCUT2D eigenvalue weighted by Crippen LogP contribution is 2.22. The van der Waals surface area contributed by atoms with Gasteiger partial charge in [-0.25, -0.2) is 0 Å². The van der Waals surface area contributed by atoms with E-state index in [0.29, 0.717) is 12.8 Å². The molecular formula is C22H26N2O2. The van der Waals surface area contributed by atoms with Crippen molar-refractivity contribution in [2.75, 3.05) is 11.4 Å². The minimum Gasteiger partial charge on any atom is -0.349 e. The molecule has 1 aliphatic rings. The number of anilines is 1. The Bertz CT molecular complexity index is 740. The summed E-state index contributed by atoms with van der Waals surface area (Å²) in [7, 11) is 0. The molecule has 3 rings (SSSR count). The average Bonchev–Trinajstić information content (AvgIpc) is 3.09. The van der Waals surface area contributed by atoms with Gasteiger partial charge in [0, 0.05) is 18.7 Å². The number of rotatable bonds is 7. The second-order valence-electron chi connectivity index (χ2n) is 6.81. The number of nitrogens with one attached hydrogen (secondary N) is 1. The van der Waals surface area contributed by atoms with Crippen molar-refractivity contribution in [3.05, 3.63) is 65.7 Å². The van der Waals surface area contributed by atoms with Gasteiger partial charge in [-0.2, -0.15) is 0 Å². The second-order valence-corrected chi connectivity index (χ2v) is 6.81. The first-order chi connectivity index (χ1) is 12.7. The van der Waals surface area contributed by atoms with Crippen LogP contribution in [0, 0.1) is 0 Å². The monoisotopic (exact) mass is 350 g/mol. The molecular weight excluding hydrogens is 324 g/mol. The fourth-order valence-corrected chi connectivity index (χ4v) is 3.44. The first-order valence-corrected chi connectivity index (χ1v) is 9.41. The number of hydrogen-bond donors (Lipinski definition) is 1. The quantitative estimate of drug-likeness (QED) is 0.820. The molecule has 2 aromatic rings. The fourth-order valence-electron chi connectivity index (χ4n) is 3.44. The Morgan fingerprint density at radius 1 is 1.12 bits per heavy atom. The van der Waals surface area contributed by atoms with E-state index < -0.39 is 0 Å². The van der Waals surface area contributed by atoms with Gasteiger partial charge in [0.25, 0.3) is 0 Å². The van der Waals surface area contributed by atoms with Crippen LogP contribution in [-0.2, 0) is 16.0 Å². The molecule has 1 atom stereocenters. The van der Waals surface area contributed by atoms with Crippen molar-refractivity contribution in [2.24, 2.45) is 0 Å². The van der Waals surface area contributed by atoms with Crippen LogP contribution in [0.25, 0.3) is 0 Å². The molecule has 0 radical (unpaired) electrons. The average molecular weight is 350 g/mol. The van der Waals surface area contributed by atoms with Crippen LogP contribution in [0.4, 0.5) is 5.69 Å². The van der Waals surface area contributed by atoms with Crippen LogP contribution in [0.15, 0.2) is 54.6 Å². The van der Waals surface area contributed by atoms with E-state index in [0.717, 1.165) is 42.6 Å². The van der Waals surface area contributed by atoms with Crippen LogP contribution < -0.4 is 10.2 Å². The van der Waals surface area contributed by atoms with E-state index in [1.165, 1.54) is 0 Å². The smallest absolute Gasteiger partial charge is 0.227 e. The van der Waals surface area contributed by atoms with E-state index in [2.05, 4.69) is 24.4 Å². The standard InChI is InChI=1S/C22H26N2O2/c1-2-7-20(18-8-4-3-5-9-18)23-21(25)16-17-11-13-19(14-12-17)24-15-6-10-22(24)26/h3-5,8-9,11-14,20H,2,6-7,10,15-16H2,1H3,(H,23,25)/t20-/m1/s1. The lowest BCUT2D eigenvalue weighted by Crippen LogP contribution is -2.29. The first kappa shape index (κ1) is 18.2. The van der Waals surface area contributed by atoms with Crippen molar-refractivity contribution in [1.29, 1.82) is 0 Å². The Morgan fingerprint density at radius 3 is 2.46 bits per heavy atom. The Kier molecular flexibility index (Phi) is 6.05. The topological polar surface area (TPSA) is 49.4 Å². The minimum absolute atomic E-state index is 0.0253. The maximum absolute atomic E-state index is 12.5. The van der Waals surface area contributed by atoms with Crippen molar-refractivity contribution >= 4 is 17.5 Å². The lowest BCUT2D eigenvalue weighted by atomic mass is 10.0. The van der Waals surface area contributed by atoms with Gasteiger partial charge in [0.1, 0.15) is 0 Å². The number of amides is 2. The van der Waals surface area contributed by atoms with Gasteiger partial charge in [-0.15, -0.1) is 0 Å². The highest BCUT2D eigenvalue weighted by Gasteiger charge is 2.21. The van der Waals surface area contributed by atoms with Crippen molar-refractivity contribution in [1.82, 2.24) is 5.32 Å². The molecule has 136 valence electrons. The second kappa shape index (κ2) is 8.65. The number of nitrogens with zero attached hydrogens (tertiary/aromatic N) is 1. The third kappa shape index (κ3) is 4.51. The third-order valence-electron chi connectivity index (χ3n) is 4.80. The predicted octanol–water partition coefficient (Wildman–Crippen LogP) is 4.01. The molecule has 0 aliphatic carbocycles. The zero-order valence-electron chi connectivity index (χ0n) is 15.3. The highest BCUT2D eigenvalue weighted by atomic mass is 16.2. The number of carbonyl (C=O) groups excluding carboxylic acids is 2. The lowest BCUT2D eigenvalue weighted by Gasteiger charge is -2.19. The van der Waals surface area contributed by atoms with Gasteiger partial charge < -0.3 is 10.2 Å². The summed E-state index contributed by atoms with van der Waals surface area (Å²) in [5, 5.41) is 3.16. The van der Waals surface area contributed by atoms with Gasteiger partial charge >= 0.3 is 0 Å². The third-order valence-corrected chi connectivity index (χ3v) is 4.80. The van der Waals surface area contributed by atoms with E-state index in [4.69, 9.17) is 0 Å². The Morgan fingerprint density at radius 2 is 1.85 bits per heavy atom. The first-order valence-electron chi connectivity index (χ1n) is 9.41. The molecule has 4 nitrogen and oxygen atoms in total. The lowest BCUT2D eigenvalue weighted by molar-refractivity contribution is -0.121. The summed E-state index contributed by atoms with van der Waals surface area (Å²) in [4.78, 5) is 26.1. The molecule has 1 heterocycles. The Hall–Kier alpha value is -2.62. The molecule has 0 bridgehead atoms. The molecule has 1 saturated heterocycles. The van der Waals surface area contributed by atoms with Crippen LogP contribution in [0.2, 0.25) is 0 Å². The molecule has 2 aromatic carbocycles. The van der Waals surface area contributed by atoms with Gasteiger partial charge in [-0.1, -0.05) is 55.8 Å². The zero-order chi connectivity index (χ0) is 18.4. The van der Waals surface area contributed by atoms with Crippen molar-refractivity contribution in [2.45, 2.75) is 45.1 Å². The fraction of sp³-hybridized carbons (Fsp3) is 0.364. The van der Waals surface area contributed by atoms with Crippen LogP contribution in [0.1, 0.15) is 49.8 Å². The molecule has 1 fully saturated rings. The maximum atomic E-state index is 12.5. The molecule has 0 aromatic heterocycles. The van der Waals surface area contributed by atoms with Crippen LogP contribution in [-0.4, -0.2) is 18.4 Å². The molecule has 1 aliphatic heterocycles. The zero-order valence-corrected chi connectivity index (χ0v) is 15.3.